The van der Waals surface area contributed by atoms with E-state index in [-0.39, 0.29) is 6.04 Å². The lowest BCUT2D eigenvalue weighted by Crippen LogP contribution is -2.04. The van der Waals surface area contributed by atoms with E-state index in [0.29, 0.717) is 0 Å². The summed E-state index contributed by atoms with van der Waals surface area (Å²) in [6.45, 7) is 2.00. The third kappa shape index (κ3) is 4.01. The van der Waals surface area contributed by atoms with Crippen molar-refractivity contribution in [3.05, 3.63) is 58.1 Å². The Hall–Kier alpha value is -0.970. The maximum atomic E-state index is 5.85. The van der Waals surface area contributed by atoms with E-state index in [1.807, 2.05) is 19.1 Å². The van der Waals surface area contributed by atoms with Gasteiger partial charge in [-0.25, -0.2) is 0 Å². The highest BCUT2D eigenvalue weighted by Gasteiger charge is 2.04. The molecule has 2 N–H and O–H groups in total. The van der Waals surface area contributed by atoms with Crippen LogP contribution in [-0.4, -0.2) is 7.11 Å². The molecule has 4 heteroatoms. The molecule has 0 aliphatic carbocycles. The van der Waals surface area contributed by atoms with Crippen LogP contribution in [-0.2, 0) is 5.75 Å². The number of methoxy groups -OCH3 is 1. The van der Waals surface area contributed by atoms with Crippen LogP contribution in [0.3, 0.4) is 0 Å². The zero-order valence-corrected chi connectivity index (χ0v) is 14.0. The highest BCUT2D eigenvalue weighted by atomic mass is 79.9. The van der Waals surface area contributed by atoms with Crippen LogP contribution < -0.4 is 10.5 Å². The van der Waals surface area contributed by atoms with Gasteiger partial charge in [-0.05, 0) is 48.4 Å². The lowest BCUT2D eigenvalue weighted by Gasteiger charge is -2.09. The molecular weight excluding hydrogens is 334 g/mol. The van der Waals surface area contributed by atoms with Crippen molar-refractivity contribution in [3.8, 4) is 5.75 Å². The first kappa shape index (κ1) is 15.4. The normalized spacial score (nSPS) is 12.2. The van der Waals surface area contributed by atoms with Crippen molar-refractivity contribution in [2.24, 2.45) is 5.73 Å². The highest BCUT2D eigenvalue weighted by Crippen LogP contribution is 2.30. The molecule has 0 amide bonds. The van der Waals surface area contributed by atoms with Crippen molar-refractivity contribution in [1.29, 1.82) is 0 Å². The van der Waals surface area contributed by atoms with Gasteiger partial charge < -0.3 is 10.5 Å². The number of thioether (sulfide) groups is 1. The zero-order valence-electron chi connectivity index (χ0n) is 11.6. The summed E-state index contributed by atoms with van der Waals surface area (Å²) in [4.78, 5) is 1.24. The number of halogens is 1. The molecule has 0 aliphatic heterocycles. The van der Waals surface area contributed by atoms with E-state index < -0.39 is 0 Å². The Kier molecular flexibility index (Phi) is 5.52. The van der Waals surface area contributed by atoms with E-state index >= 15 is 0 Å². The predicted molar refractivity (Wildman–Crippen MR) is 89.3 cm³/mol. The SMILES string of the molecule is COc1ccc(Br)c(CSc2ccc(C(C)N)cc2)c1. The summed E-state index contributed by atoms with van der Waals surface area (Å²) in [5, 5.41) is 0. The first-order chi connectivity index (χ1) is 9.60. The number of benzene rings is 2. The minimum atomic E-state index is 0.0848. The van der Waals surface area contributed by atoms with Crippen LogP contribution >= 0.6 is 27.7 Å². The van der Waals surface area contributed by atoms with Crippen LogP contribution in [0.25, 0.3) is 0 Å². The smallest absolute Gasteiger partial charge is 0.119 e. The van der Waals surface area contributed by atoms with Crippen molar-refractivity contribution in [2.45, 2.75) is 23.6 Å². The summed E-state index contributed by atoms with van der Waals surface area (Å²) in [7, 11) is 1.69. The minimum Gasteiger partial charge on any atom is -0.497 e. The lowest BCUT2D eigenvalue weighted by atomic mass is 10.1. The van der Waals surface area contributed by atoms with Crippen LogP contribution in [0.4, 0.5) is 0 Å². The molecule has 2 nitrogen and oxygen atoms in total. The predicted octanol–water partition coefficient (Wildman–Crippen LogP) is 4.77. The van der Waals surface area contributed by atoms with Gasteiger partial charge in [0.1, 0.15) is 5.75 Å². The number of nitrogens with two attached hydrogens (primary N) is 1. The van der Waals surface area contributed by atoms with Crippen molar-refractivity contribution < 1.29 is 4.74 Å². The maximum Gasteiger partial charge on any atom is 0.119 e. The van der Waals surface area contributed by atoms with Crippen molar-refractivity contribution in [3.63, 3.8) is 0 Å². The van der Waals surface area contributed by atoms with Crippen molar-refractivity contribution >= 4 is 27.7 Å². The fraction of sp³-hybridized carbons (Fsp3) is 0.250. The molecule has 2 rings (SSSR count). The summed E-state index contributed by atoms with van der Waals surface area (Å²) in [6.07, 6.45) is 0. The van der Waals surface area contributed by atoms with Gasteiger partial charge in [0.25, 0.3) is 0 Å². The lowest BCUT2D eigenvalue weighted by molar-refractivity contribution is 0.414. The fourth-order valence-electron chi connectivity index (χ4n) is 1.82. The van der Waals surface area contributed by atoms with E-state index in [4.69, 9.17) is 10.5 Å². The second kappa shape index (κ2) is 7.16. The molecule has 0 bridgehead atoms. The summed E-state index contributed by atoms with van der Waals surface area (Å²) in [5.74, 6) is 1.78. The first-order valence-electron chi connectivity index (χ1n) is 6.41. The van der Waals surface area contributed by atoms with Crippen LogP contribution in [0, 0.1) is 0 Å². The summed E-state index contributed by atoms with van der Waals surface area (Å²) in [5.41, 5.74) is 8.24. The molecule has 0 aromatic heterocycles. The second-order valence-corrected chi connectivity index (χ2v) is 6.51. The number of ether oxygens (including phenoxy) is 1. The van der Waals surface area contributed by atoms with E-state index in [0.717, 1.165) is 21.5 Å². The summed E-state index contributed by atoms with van der Waals surface area (Å²) < 4.78 is 6.37. The van der Waals surface area contributed by atoms with Gasteiger partial charge in [-0.3, -0.25) is 0 Å². The van der Waals surface area contributed by atoms with Crippen LogP contribution in [0.15, 0.2) is 51.8 Å². The number of rotatable bonds is 5. The number of hydrogen-bond acceptors (Lipinski definition) is 3. The first-order valence-corrected chi connectivity index (χ1v) is 8.19. The third-order valence-corrected chi connectivity index (χ3v) is 4.89. The molecule has 1 atom stereocenters. The molecule has 0 fully saturated rings. The Morgan fingerprint density at radius 2 is 1.90 bits per heavy atom. The van der Waals surface area contributed by atoms with E-state index in [1.165, 1.54) is 10.5 Å². The molecule has 106 valence electrons. The van der Waals surface area contributed by atoms with Gasteiger partial charge in [0.15, 0.2) is 0 Å². The van der Waals surface area contributed by atoms with E-state index in [2.05, 4.69) is 46.3 Å². The summed E-state index contributed by atoms with van der Waals surface area (Å²) >= 11 is 5.38. The highest BCUT2D eigenvalue weighted by molar-refractivity contribution is 9.10. The fourth-order valence-corrected chi connectivity index (χ4v) is 3.28. The quantitative estimate of drug-likeness (QED) is 0.788. The number of hydrogen-bond donors (Lipinski definition) is 1. The topological polar surface area (TPSA) is 35.2 Å². The van der Waals surface area contributed by atoms with Gasteiger partial charge in [0.2, 0.25) is 0 Å². The van der Waals surface area contributed by atoms with E-state index in [1.54, 1.807) is 18.9 Å². The molecule has 0 aliphatic rings. The van der Waals surface area contributed by atoms with E-state index in [9.17, 15) is 0 Å². The average Bonchev–Trinajstić information content (AvgIpc) is 2.47. The standard InChI is InChI=1S/C16H18BrNOS/c1-11(18)12-3-6-15(7-4-12)20-10-13-9-14(19-2)5-8-16(13)17/h3-9,11H,10,18H2,1-2H3. The summed E-state index contributed by atoms with van der Waals surface area (Å²) in [6, 6.07) is 14.6. The van der Waals surface area contributed by atoms with Gasteiger partial charge in [0, 0.05) is 21.2 Å². The molecule has 1 unspecified atom stereocenters. The van der Waals surface area contributed by atoms with Crippen molar-refractivity contribution in [1.82, 2.24) is 0 Å². The van der Waals surface area contributed by atoms with Crippen LogP contribution in [0.2, 0.25) is 0 Å². The Morgan fingerprint density at radius 3 is 2.50 bits per heavy atom. The molecule has 0 heterocycles. The Labute approximate surface area is 132 Å². The monoisotopic (exact) mass is 351 g/mol. The molecular formula is C16H18BrNOS. The molecule has 0 saturated carbocycles. The average molecular weight is 352 g/mol. The molecule has 0 radical (unpaired) electrons. The van der Waals surface area contributed by atoms with Crippen molar-refractivity contribution in [2.75, 3.05) is 7.11 Å². The molecule has 2 aromatic carbocycles. The Morgan fingerprint density at radius 1 is 1.20 bits per heavy atom. The minimum absolute atomic E-state index is 0.0848. The molecule has 2 aromatic rings. The maximum absolute atomic E-state index is 5.85. The van der Waals surface area contributed by atoms with Gasteiger partial charge in [0.05, 0.1) is 7.11 Å². The van der Waals surface area contributed by atoms with Crippen LogP contribution in [0.1, 0.15) is 24.1 Å². The second-order valence-electron chi connectivity index (χ2n) is 4.60. The van der Waals surface area contributed by atoms with Gasteiger partial charge >= 0.3 is 0 Å². The molecule has 0 saturated heterocycles. The van der Waals surface area contributed by atoms with Gasteiger partial charge in [-0.1, -0.05) is 28.1 Å². The largest absolute Gasteiger partial charge is 0.497 e. The third-order valence-electron chi connectivity index (χ3n) is 3.05. The Bertz CT molecular complexity index is 569. The van der Waals surface area contributed by atoms with Gasteiger partial charge in [-0.15, -0.1) is 11.8 Å². The molecule has 20 heavy (non-hydrogen) atoms. The zero-order chi connectivity index (χ0) is 14.5. The Balaban J connectivity index is 2.04. The van der Waals surface area contributed by atoms with Crippen LogP contribution in [0.5, 0.6) is 5.75 Å². The molecule has 0 spiro atoms. The van der Waals surface area contributed by atoms with Gasteiger partial charge in [-0.2, -0.15) is 0 Å².